The van der Waals surface area contributed by atoms with E-state index in [1.807, 2.05) is 18.2 Å². The number of nitrogen functional groups attached to an aromatic ring is 2. The van der Waals surface area contributed by atoms with E-state index in [2.05, 4.69) is 17.4 Å². The summed E-state index contributed by atoms with van der Waals surface area (Å²) in [6.45, 7) is 0. The van der Waals surface area contributed by atoms with Gasteiger partial charge in [0, 0.05) is 11.4 Å². The summed E-state index contributed by atoms with van der Waals surface area (Å²) in [5.41, 5.74) is 14.1. The molecule has 1 amide bonds. The van der Waals surface area contributed by atoms with Gasteiger partial charge in [-0.25, -0.2) is 0 Å². The van der Waals surface area contributed by atoms with Gasteiger partial charge < -0.3 is 16.8 Å². The molecule has 4 heteroatoms. The zero-order valence-corrected chi connectivity index (χ0v) is 11.8. The van der Waals surface area contributed by atoms with Crippen LogP contribution in [0.3, 0.4) is 0 Å². The van der Waals surface area contributed by atoms with Crippen LogP contribution in [-0.4, -0.2) is 5.91 Å². The van der Waals surface area contributed by atoms with E-state index < -0.39 is 0 Å². The minimum atomic E-state index is -0.145. The van der Waals surface area contributed by atoms with Crippen molar-refractivity contribution in [2.45, 2.75) is 18.9 Å². The number of anilines is 2. The Hall–Kier alpha value is -2.49. The number of nitrogens with one attached hydrogen (secondary N) is 1. The third-order valence-corrected chi connectivity index (χ3v) is 3.86. The molecule has 1 unspecified atom stereocenters. The first-order valence-corrected chi connectivity index (χ1v) is 7.16. The molecular formula is C17H19N3O. The topological polar surface area (TPSA) is 81.1 Å². The zero-order valence-electron chi connectivity index (χ0n) is 11.8. The second-order valence-corrected chi connectivity index (χ2v) is 5.55. The Morgan fingerprint density at radius 3 is 2.43 bits per heavy atom. The number of nitrogens with two attached hydrogens (primary N) is 2. The van der Waals surface area contributed by atoms with E-state index in [0.717, 1.165) is 18.4 Å². The van der Waals surface area contributed by atoms with Gasteiger partial charge in [-0.2, -0.15) is 0 Å². The predicted octanol–water partition coefficient (Wildman–Crippen LogP) is 2.73. The first kappa shape index (κ1) is 13.5. The largest absolute Gasteiger partial charge is 0.399 e. The van der Waals surface area contributed by atoms with Crippen molar-refractivity contribution in [3.8, 4) is 0 Å². The number of hydrogen-bond acceptors (Lipinski definition) is 3. The van der Waals surface area contributed by atoms with Gasteiger partial charge in [-0.05, 0) is 42.5 Å². The quantitative estimate of drug-likeness (QED) is 0.754. The molecule has 1 saturated carbocycles. The van der Waals surface area contributed by atoms with Crippen LogP contribution < -0.4 is 16.8 Å². The number of rotatable bonds is 4. The van der Waals surface area contributed by atoms with Crippen molar-refractivity contribution >= 4 is 17.3 Å². The molecule has 2 aromatic rings. The number of carbonyl (C=O) groups is 1. The van der Waals surface area contributed by atoms with Gasteiger partial charge in [-0.3, -0.25) is 4.79 Å². The van der Waals surface area contributed by atoms with E-state index in [-0.39, 0.29) is 11.9 Å². The second kappa shape index (κ2) is 5.48. The van der Waals surface area contributed by atoms with Gasteiger partial charge in [-0.15, -0.1) is 0 Å². The van der Waals surface area contributed by atoms with Gasteiger partial charge >= 0.3 is 0 Å². The molecule has 2 aromatic carbocycles. The van der Waals surface area contributed by atoms with Crippen molar-refractivity contribution < 1.29 is 4.79 Å². The summed E-state index contributed by atoms with van der Waals surface area (Å²) < 4.78 is 0. The molecule has 0 heterocycles. The Bertz CT molecular complexity index is 650. The Morgan fingerprint density at radius 2 is 1.81 bits per heavy atom. The van der Waals surface area contributed by atoms with Crippen LogP contribution in [-0.2, 0) is 0 Å². The van der Waals surface area contributed by atoms with Crippen LogP contribution in [0.4, 0.5) is 11.4 Å². The fraction of sp³-hybridized carbons (Fsp3) is 0.235. The van der Waals surface area contributed by atoms with Crippen LogP contribution in [0.15, 0.2) is 48.5 Å². The van der Waals surface area contributed by atoms with E-state index in [0.29, 0.717) is 22.9 Å². The van der Waals surface area contributed by atoms with Crippen molar-refractivity contribution in [1.82, 2.24) is 5.32 Å². The SMILES string of the molecule is Nc1ccc(C(=O)NC(c2ccccc2)C2CC2)c(N)c1. The van der Waals surface area contributed by atoms with Crippen LogP contribution in [0.2, 0.25) is 0 Å². The van der Waals surface area contributed by atoms with E-state index in [1.54, 1.807) is 18.2 Å². The summed E-state index contributed by atoms with van der Waals surface area (Å²) in [6.07, 6.45) is 2.30. The maximum absolute atomic E-state index is 12.5. The van der Waals surface area contributed by atoms with Crippen molar-refractivity contribution in [3.05, 3.63) is 59.7 Å². The maximum Gasteiger partial charge on any atom is 0.253 e. The summed E-state index contributed by atoms with van der Waals surface area (Å²) in [5, 5.41) is 3.11. The van der Waals surface area contributed by atoms with Gasteiger partial charge in [0.05, 0.1) is 11.6 Å². The van der Waals surface area contributed by atoms with Crippen molar-refractivity contribution in [3.63, 3.8) is 0 Å². The fourth-order valence-corrected chi connectivity index (χ4v) is 2.57. The first-order chi connectivity index (χ1) is 10.1. The molecule has 5 N–H and O–H groups in total. The molecule has 4 nitrogen and oxygen atoms in total. The highest BCUT2D eigenvalue weighted by Gasteiger charge is 2.33. The highest BCUT2D eigenvalue weighted by molar-refractivity contribution is 5.99. The summed E-state index contributed by atoms with van der Waals surface area (Å²) in [4.78, 5) is 12.5. The second-order valence-electron chi connectivity index (χ2n) is 5.55. The summed E-state index contributed by atoms with van der Waals surface area (Å²) in [5.74, 6) is 0.375. The summed E-state index contributed by atoms with van der Waals surface area (Å²) in [7, 11) is 0. The molecule has 0 saturated heterocycles. The average molecular weight is 281 g/mol. The lowest BCUT2D eigenvalue weighted by Crippen LogP contribution is -2.30. The maximum atomic E-state index is 12.5. The average Bonchev–Trinajstić information content (AvgIpc) is 3.30. The van der Waals surface area contributed by atoms with Crippen LogP contribution in [0, 0.1) is 5.92 Å². The molecule has 108 valence electrons. The van der Waals surface area contributed by atoms with E-state index in [1.165, 1.54) is 0 Å². The zero-order chi connectivity index (χ0) is 14.8. The van der Waals surface area contributed by atoms with Crippen LogP contribution >= 0.6 is 0 Å². The smallest absolute Gasteiger partial charge is 0.253 e. The standard InChI is InChI=1S/C17H19N3O/c18-13-8-9-14(15(19)10-13)17(21)20-16(12-6-7-12)11-4-2-1-3-5-11/h1-5,8-10,12,16H,6-7,18-19H2,(H,20,21). The van der Waals surface area contributed by atoms with Gasteiger partial charge in [0.25, 0.3) is 5.91 Å². The minimum absolute atomic E-state index is 0.0515. The first-order valence-electron chi connectivity index (χ1n) is 7.16. The van der Waals surface area contributed by atoms with Crippen LogP contribution in [0.5, 0.6) is 0 Å². The molecule has 3 rings (SSSR count). The molecule has 1 atom stereocenters. The number of carbonyl (C=O) groups excluding carboxylic acids is 1. The Kier molecular flexibility index (Phi) is 3.52. The van der Waals surface area contributed by atoms with E-state index >= 15 is 0 Å². The van der Waals surface area contributed by atoms with Gasteiger partial charge in [0.2, 0.25) is 0 Å². The molecule has 1 aliphatic rings. The Balaban J connectivity index is 1.81. The van der Waals surface area contributed by atoms with Crippen LogP contribution in [0.1, 0.15) is 34.8 Å². The third kappa shape index (κ3) is 2.99. The van der Waals surface area contributed by atoms with E-state index in [9.17, 15) is 4.79 Å². The lowest BCUT2D eigenvalue weighted by atomic mass is 10.0. The summed E-state index contributed by atoms with van der Waals surface area (Å²) >= 11 is 0. The Labute approximate surface area is 124 Å². The number of hydrogen-bond donors (Lipinski definition) is 3. The van der Waals surface area contributed by atoms with Crippen molar-refractivity contribution in [2.24, 2.45) is 5.92 Å². The molecule has 0 aromatic heterocycles. The Morgan fingerprint density at radius 1 is 1.10 bits per heavy atom. The van der Waals surface area contributed by atoms with Crippen molar-refractivity contribution in [1.29, 1.82) is 0 Å². The molecule has 0 radical (unpaired) electrons. The third-order valence-electron chi connectivity index (χ3n) is 3.86. The highest BCUT2D eigenvalue weighted by atomic mass is 16.1. The van der Waals surface area contributed by atoms with E-state index in [4.69, 9.17) is 11.5 Å². The molecule has 1 aliphatic carbocycles. The highest BCUT2D eigenvalue weighted by Crippen LogP contribution is 2.41. The monoisotopic (exact) mass is 281 g/mol. The molecule has 0 bridgehead atoms. The number of amides is 1. The number of benzene rings is 2. The normalized spacial score (nSPS) is 15.4. The van der Waals surface area contributed by atoms with Gasteiger partial charge in [0.15, 0.2) is 0 Å². The molecule has 0 aliphatic heterocycles. The predicted molar refractivity (Wildman–Crippen MR) is 84.6 cm³/mol. The lowest BCUT2D eigenvalue weighted by Gasteiger charge is -2.19. The van der Waals surface area contributed by atoms with Gasteiger partial charge in [0.1, 0.15) is 0 Å². The van der Waals surface area contributed by atoms with Crippen molar-refractivity contribution in [2.75, 3.05) is 11.5 Å². The molecule has 0 spiro atoms. The molecule has 1 fully saturated rings. The van der Waals surface area contributed by atoms with Crippen LogP contribution in [0.25, 0.3) is 0 Å². The van der Waals surface area contributed by atoms with Gasteiger partial charge in [-0.1, -0.05) is 30.3 Å². The molecule has 21 heavy (non-hydrogen) atoms. The molecular weight excluding hydrogens is 262 g/mol. The summed E-state index contributed by atoms with van der Waals surface area (Å²) in [6, 6.07) is 15.1. The minimum Gasteiger partial charge on any atom is -0.399 e. The lowest BCUT2D eigenvalue weighted by molar-refractivity contribution is 0.0932. The fourth-order valence-electron chi connectivity index (χ4n) is 2.57.